The average molecular weight is 476 g/mol. The first-order chi connectivity index (χ1) is 15.6. The molecule has 0 aliphatic rings. The Bertz CT molecular complexity index is 1090. The lowest BCUT2D eigenvalue weighted by Gasteiger charge is -2.35. The van der Waals surface area contributed by atoms with Gasteiger partial charge in [0.15, 0.2) is 8.32 Å². The maximum absolute atomic E-state index is 14.5. The Labute approximate surface area is 200 Å². The lowest BCUT2D eigenvalue weighted by atomic mass is 10.1. The van der Waals surface area contributed by atoms with Gasteiger partial charge in [-0.15, -0.1) is 0 Å². The summed E-state index contributed by atoms with van der Waals surface area (Å²) < 4.78 is 20.8. The van der Waals surface area contributed by atoms with Crippen LogP contribution in [0.4, 0.5) is 0 Å². The Morgan fingerprint density at radius 2 is 1.30 bits per heavy atom. The van der Waals surface area contributed by atoms with E-state index in [1.54, 1.807) is 0 Å². The van der Waals surface area contributed by atoms with Crippen LogP contribution in [-0.2, 0) is 8.99 Å². The van der Waals surface area contributed by atoms with Crippen LogP contribution in [0.1, 0.15) is 32.4 Å². The average Bonchev–Trinajstić information content (AvgIpc) is 2.82. The van der Waals surface area contributed by atoms with Gasteiger partial charge in [0.1, 0.15) is 6.04 Å². The molecule has 0 aromatic heterocycles. The van der Waals surface area contributed by atoms with E-state index in [-0.39, 0.29) is 5.04 Å². The zero-order valence-corrected chi connectivity index (χ0v) is 22.1. The minimum atomic E-state index is -3.14. The van der Waals surface area contributed by atoms with Crippen molar-refractivity contribution in [2.24, 2.45) is 0 Å². The molecule has 1 N–H and O–H groups in total. The minimum absolute atomic E-state index is 0.127. The largest absolute Gasteiger partial charge is 0.406 e. The molecule has 0 saturated carbocycles. The monoisotopic (exact) mass is 475 g/mol. The van der Waals surface area contributed by atoms with Crippen LogP contribution < -0.4 is 15.7 Å². The van der Waals surface area contributed by atoms with E-state index >= 15 is 0 Å². The second-order valence-electron chi connectivity index (χ2n) is 9.62. The molecule has 0 heterocycles. The molecule has 0 bridgehead atoms. The van der Waals surface area contributed by atoms with Gasteiger partial charge < -0.3 is 4.43 Å². The first-order valence-electron chi connectivity index (χ1n) is 11.3. The first-order valence-corrected chi connectivity index (χ1v) is 15.9. The van der Waals surface area contributed by atoms with E-state index in [0.29, 0.717) is 6.61 Å². The van der Waals surface area contributed by atoms with Crippen molar-refractivity contribution >= 4 is 26.2 Å². The topological polar surface area (TPSA) is 38.3 Å². The highest BCUT2D eigenvalue weighted by Gasteiger charge is 2.37. The molecule has 0 amide bonds. The SMILES string of the molecule is CC(C)(C)[Si](C)(C)OCC#CC(NP(=O)(c1ccccc1)c1ccccc1)c1ccccc1. The van der Waals surface area contributed by atoms with Crippen LogP contribution in [0.3, 0.4) is 0 Å². The Morgan fingerprint density at radius 3 is 1.76 bits per heavy atom. The predicted octanol–water partition coefficient (Wildman–Crippen LogP) is 6.27. The fourth-order valence-corrected chi connectivity index (χ4v) is 6.39. The molecule has 0 aliphatic heterocycles. The molecular formula is C28H34NO2PSi. The van der Waals surface area contributed by atoms with Gasteiger partial charge in [-0.3, -0.25) is 4.57 Å². The maximum atomic E-state index is 14.5. The zero-order chi connectivity index (χ0) is 24.0. The van der Waals surface area contributed by atoms with Crippen LogP contribution >= 0.6 is 7.29 Å². The number of nitrogens with one attached hydrogen (secondary N) is 1. The molecule has 5 heteroatoms. The molecule has 0 saturated heterocycles. The fourth-order valence-electron chi connectivity index (χ4n) is 3.17. The molecule has 0 aliphatic carbocycles. The first kappa shape index (κ1) is 25.2. The van der Waals surface area contributed by atoms with E-state index in [2.05, 4.69) is 50.8 Å². The van der Waals surface area contributed by atoms with E-state index in [4.69, 9.17) is 4.43 Å². The summed E-state index contributed by atoms with van der Waals surface area (Å²) in [7, 11) is -5.02. The van der Waals surface area contributed by atoms with Gasteiger partial charge in [-0.1, -0.05) is 99.3 Å². The van der Waals surface area contributed by atoms with Crippen LogP contribution in [0.25, 0.3) is 0 Å². The third-order valence-electron chi connectivity index (χ3n) is 6.24. The van der Waals surface area contributed by atoms with Gasteiger partial charge in [-0.25, -0.2) is 5.09 Å². The van der Waals surface area contributed by atoms with Gasteiger partial charge >= 0.3 is 0 Å². The van der Waals surface area contributed by atoms with E-state index in [1.807, 2.05) is 91.0 Å². The van der Waals surface area contributed by atoms with Crippen molar-refractivity contribution in [2.45, 2.75) is 44.9 Å². The summed E-state index contributed by atoms with van der Waals surface area (Å²) in [6.07, 6.45) is 0. The lowest BCUT2D eigenvalue weighted by molar-refractivity contribution is 0.334. The molecule has 3 aromatic rings. The molecule has 172 valence electrons. The highest BCUT2D eigenvalue weighted by atomic mass is 31.2. The quantitative estimate of drug-likeness (QED) is 0.249. The molecule has 3 aromatic carbocycles. The molecule has 0 spiro atoms. The van der Waals surface area contributed by atoms with E-state index in [9.17, 15) is 4.57 Å². The smallest absolute Gasteiger partial charge is 0.205 e. The number of hydrogen-bond donors (Lipinski definition) is 1. The van der Waals surface area contributed by atoms with Crippen molar-refractivity contribution in [3.05, 3.63) is 96.6 Å². The summed E-state index contributed by atoms with van der Waals surface area (Å²) >= 11 is 0. The summed E-state index contributed by atoms with van der Waals surface area (Å²) in [6, 6.07) is 28.8. The molecular weight excluding hydrogens is 441 g/mol. The van der Waals surface area contributed by atoms with Gasteiger partial charge in [0, 0.05) is 10.6 Å². The lowest BCUT2D eigenvalue weighted by Crippen LogP contribution is -2.40. The van der Waals surface area contributed by atoms with Crippen LogP contribution in [-0.4, -0.2) is 14.9 Å². The zero-order valence-electron chi connectivity index (χ0n) is 20.2. The van der Waals surface area contributed by atoms with E-state index in [0.717, 1.165) is 16.2 Å². The van der Waals surface area contributed by atoms with Gasteiger partial charge in [-0.2, -0.15) is 0 Å². The second kappa shape index (κ2) is 10.7. The van der Waals surface area contributed by atoms with Crippen LogP contribution in [0.2, 0.25) is 18.1 Å². The van der Waals surface area contributed by atoms with Crippen molar-refractivity contribution in [3.8, 4) is 11.8 Å². The van der Waals surface area contributed by atoms with Crippen molar-refractivity contribution < 1.29 is 8.99 Å². The highest BCUT2D eigenvalue weighted by molar-refractivity contribution is 7.76. The van der Waals surface area contributed by atoms with E-state index in [1.165, 1.54) is 0 Å². The molecule has 1 unspecified atom stereocenters. The standard InChI is InChI=1S/C28H34NO2PSi/c1-28(2,3)33(4,5)31-23-15-22-27(24-16-9-6-10-17-24)29-32(30,25-18-11-7-12-19-25)26-20-13-8-14-21-26/h6-14,16-21,27H,23H2,1-5H3,(H,29,30). The number of benzene rings is 3. The van der Waals surface area contributed by atoms with Crippen LogP contribution in [0.5, 0.6) is 0 Å². The third kappa shape index (κ3) is 6.34. The van der Waals surface area contributed by atoms with E-state index < -0.39 is 21.7 Å². The highest BCUT2D eigenvalue weighted by Crippen LogP contribution is 2.41. The predicted molar refractivity (Wildman–Crippen MR) is 143 cm³/mol. The molecule has 33 heavy (non-hydrogen) atoms. The fraction of sp³-hybridized carbons (Fsp3) is 0.286. The summed E-state index contributed by atoms with van der Waals surface area (Å²) in [5.41, 5.74) is 0.976. The molecule has 3 nitrogen and oxygen atoms in total. The summed E-state index contributed by atoms with van der Waals surface area (Å²) in [4.78, 5) is 0. The minimum Gasteiger partial charge on any atom is -0.406 e. The van der Waals surface area contributed by atoms with Gasteiger partial charge in [0.2, 0.25) is 7.29 Å². The Morgan fingerprint density at radius 1 is 0.848 bits per heavy atom. The van der Waals surface area contributed by atoms with Crippen molar-refractivity contribution in [3.63, 3.8) is 0 Å². The Hall–Kier alpha value is -2.41. The Balaban J connectivity index is 1.95. The Kier molecular flexibility index (Phi) is 8.16. The molecule has 0 radical (unpaired) electrons. The summed E-state index contributed by atoms with van der Waals surface area (Å²) in [5, 5.41) is 5.09. The van der Waals surface area contributed by atoms with Crippen molar-refractivity contribution in [1.29, 1.82) is 0 Å². The normalized spacial score (nSPS) is 13.1. The van der Waals surface area contributed by atoms with Gasteiger partial charge in [-0.05, 0) is 48.0 Å². The summed E-state index contributed by atoms with van der Waals surface area (Å²) in [6.45, 7) is 11.5. The number of hydrogen-bond acceptors (Lipinski definition) is 2. The maximum Gasteiger partial charge on any atom is 0.205 e. The number of rotatable bonds is 7. The van der Waals surface area contributed by atoms with Gasteiger partial charge in [0.25, 0.3) is 0 Å². The molecule has 3 rings (SSSR count). The van der Waals surface area contributed by atoms with Crippen LogP contribution in [0.15, 0.2) is 91.0 Å². The van der Waals surface area contributed by atoms with Gasteiger partial charge in [0.05, 0.1) is 6.61 Å². The molecule has 0 fully saturated rings. The summed E-state index contributed by atoms with van der Waals surface area (Å²) in [5.74, 6) is 6.54. The van der Waals surface area contributed by atoms with Crippen molar-refractivity contribution in [2.75, 3.05) is 6.61 Å². The second-order valence-corrected chi connectivity index (χ2v) is 16.9. The van der Waals surface area contributed by atoms with Crippen LogP contribution in [0, 0.1) is 11.8 Å². The molecule has 1 atom stereocenters. The third-order valence-corrected chi connectivity index (χ3v) is 13.4. The van der Waals surface area contributed by atoms with Crippen molar-refractivity contribution in [1.82, 2.24) is 5.09 Å².